The van der Waals surface area contributed by atoms with E-state index in [4.69, 9.17) is 4.74 Å². The van der Waals surface area contributed by atoms with Crippen molar-refractivity contribution in [2.24, 2.45) is 0 Å². The summed E-state index contributed by atoms with van der Waals surface area (Å²) in [5, 5.41) is 5.78. The number of amides is 1. The first-order valence-corrected chi connectivity index (χ1v) is 8.27. The van der Waals surface area contributed by atoms with Gasteiger partial charge in [-0.1, -0.05) is 12.1 Å². The van der Waals surface area contributed by atoms with Gasteiger partial charge in [0.15, 0.2) is 9.84 Å². The Bertz CT molecular complexity index is 580. The lowest BCUT2D eigenvalue weighted by atomic mass is 10.2. The number of anilines is 1. The Morgan fingerprint density at radius 2 is 2.20 bits per heavy atom. The Balaban J connectivity index is 2.04. The number of para-hydroxylation sites is 1. The van der Waals surface area contributed by atoms with Gasteiger partial charge in [0.2, 0.25) is 5.91 Å². The second-order valence-electron chi connectivity index (χ2n) is 4.72. The number of morpholine rings is 1. The third kappa shape index (κ3) is 4.03. The van der Waals surface area contributed by atoms with Gasteiger partial charge in [0.05, 0.1) is 29.7 Å². The van der Waals surface area contributed by atoms with E-state index in [0.29, 0.717) is 18.8 Å². The summed E-state index contributed by atoms with van der Waals surface area (Å²) in [6.45, 7) is 1.99. The maximum atomic E-state index is 11.9. The Kier molecular flexibility index (Phi) is 4.74. The maximum absolute atomic E-state index is 11.9. The van der Waals surface area contributed by atoms with E-state index in [1.807, 2.05) is 0 Å². The van der Waals surface area contributed by atoms with Gasteiger partial charge in [0.25, 0.3) is 0 Å². The first-order chi connectivity index (χ1) is 9.47. The lowest BCUT2D eigenvalue weighted by Gasteiger charge is -2.23. The molecule has 6 nitrogen and oxygen atoms in total. The predicted octanol–water partition coefficient (Wildman–Crippen LogP) is 0.407. The van der Waals surface area contributed by atoms with E-state index < -0.39 is 9.84 Å². The van der Waals surface area contributed by atoms with E-state index in [0.717, 1.165) is 12.8 Å². The molecule has 0 radical (unpaired) electrons. The standard InChI is InChI=1S/C13H18N2O4S/c1-20(17,18)12-5-3-2-4-11(12)15-13(16)8-10-9-14-6-7-19-10/h2-5,10,14H,6-9H2,1H3,(H,15,16). The summed E-state index contributed by atoms with van der Waals surface area (Å²) in [7, 11) is -3.37. The largest absolute Gasteiger partial charge is 0.375 e. The molecule has 2 N–H and O–H groups in total. The second-order valence-corrected chi connectivity index (χ2v) is 6.70. The zero-order chi connectivity index (χ0) is 14.6. The fourth-order valence-corrected chi connectivity index (χ4v) is 2.90. The Morgan fingerprint density at radius 1 is 1.45 bits per heavy atom. The highest BCUT2D eigenvalue weighted by Crippen LogP contribution is 2.21. The lowest BCUT2D eigenvalue weighted by Crippen LogP contribution is -2.40. The van der Waals surface area contributed by atoms with Gasteiger partial charge in [0, 0.05) is 19.3 Å². The van der Waals surface area contributed by atoms with Crippen LogP contribution in [0.5, 0.6) is 0 Å². The molecule has 0 aliphatic carbocycles. The quantitative estimate of drug-likeness (QED) is 0.841. The number of hydrogen-bond donors (Lipinski definition) is 2. The van der Waals surface area contributed by atoms with E-state index in [-0.39, 0.29) is 23.3 Å². The molecule has 1 heterocycles. The molecule has 1 saturated heterocycles. The molecule has 7 heteroatoms. The predicted molar refractivity (Wildman–Crippen MR) is 75.4 cm³/mol. The molecular formula is C13H18N2O4S. The maximum Gasteiger partial charge on any atom is 0.227 e. The summed E-state index contributed by atoms with van der Waals surface area (Å²) in [5.74, 6) is -0.255. The second kappa shape index (κ2) is 6.34. The Labute approximate surface area is 118 Å². The highest BCUT2D eigenvalue weighted by atomic mass is 32.2. The third-order valence-electron chi connectivity index (χ3n) is 2.98. The van der Waals surface area contributed by atoms with Crippen molar-refractivity contribution in [1.29, 1.82) is 0 Å². The van der Waals surface area contributed by atoms with Crippen LogP contribution in [-0.2, 0) is 19.4 Å². The lowest BCUT2D eigenvalue weighted by molar-refractivity contribution is -0.119. The number of ether oxygens (including phenoxy) is 1. The van der Waals surface area contributed by atoms with Gasteiger partial charge in [-0.3, -0.25) is 4.79 Å². The third-order valence-corrected chi connectivity index (χ3v) is 4.13. The van der Waals surface area contributed by atoms with Crippen LogP contribution < -0.4 is 10.6 Å². The van der Waals surface area contributed by atoms with Crippen LogP contribution in [0.3, 0.4) is 0 Å². The van der Waals surface area contributed by atoms with Gasteiger partial charge in [-0.15, -0.1) is 0 Å². The summed E-state index contributed by atoms with van der Waals surface area (Å²) in [4.78, 5) is 12.1. The minimum absolute atomic E-state index is 0.121. The van der Waals surface area contributed by atoms with Crippen molar-refractivity contribution in [2.75, 3.05) is 31.3 Å². The number of carbonyl (C=O) groups excluding carboxylic acids is 1. The van der Waals surface area contributed by atoms with Gasteiger partial charge >= 0.3 is 0 Å². The van der Waals surface area contributed by atoms with Crippen molar-refractivity contribution < 1.29 is 17.9 Å². The van der Waals surface area contributed by atoms with Crippen LogP contribution in [0.2, 0.25) is 0 Å². The van der Waals surface area contributed by atoms with Crippen LogP contribution in [0.1, 0.15) is 6.42 Å². The zero-order valence-corrected chi connectivity index (χ0v) is 12.1. The topological polar surface area (TPSA) is 84.5 Å². The molecule has 1 amide bonds. The van der Waals surface area contributed by atoms with Crippen LogP contribution in [0.4, 0.5) is 5.69 Å². The van der Waals surface area contributed by atoms with Crippen LogP contribution in [0.15, 0.2) is 29.2 Å². The molecule has 1 aliphatic heterocycles. The van der Waals surface area contributed by atoms with Crippen molar-refractivity contribution in [2.45, 2.75) is 17.4 Å². The minimum atomic E-state index is -3.37. The zero-order valence-electron chi connectivity index (χ0n) is 11.3. The molecular weight excluding hydrogens is 280 g/mol. The normalized spacial score (nSPS) is 19.6. The van der Waals surface area contributed by atoms with Gasteiger partial charge in [0.1, 0.15) is 0 Å². The van der Waals surface area contributed by atoms with Gasteiger partial charge in [-0.25, -0.2) is 8.42 Å². The van der Waals surface area contributed by atoms with E-state index in [1.165, 1.54) is 6.07 Å². The first kappa shape index (κ1) is 15.0. The summed E-state index contributed by atoms with van der Waals surface area (Å²) in [6.07, 6.45) is 1.14. The van der Waals surface area contributed by atoms with E-state index in [9.17, 15) is 13.2 Å². The van der Waals surface area contributed by atoms with Crippen molar-refractivity contribution in [3.63, 3.8) is 0 Å². The molecule has 20 heavy (non-hydrogen) atoms. The average Bonchev–Trinajstić information content (AvgIpc) is 2.39. The van der Waals surface area contributed by atoms with E-state index in [2.05, 4.69) is 10.6 Å². The fraction of sp³-hybridized carbons (Fsp3) is 0.462. The molecule has 110 valence electrons. The molecule has 0 bridgehead atoms. The fourth-order valence-electron chi connectivity index (χ4n) is 2.05. The number of carbonyl (C=O) groups is 1. The first-order valence-electron chi connectivity index (χ1n) is 6.38. The smallest absolute Gasteiger partial charge is 0.227 e. The summed E-state index contributed by atoms with van der Waals surface area (Å²) in [6, 6.07) is 6.36. The van der Waals surface area contributed by atoms with Crippen LogP contribution in [-0.4, -0.2) is 46.4 Å². The molecule has 1 unspecified atom stereocenters. The molecule has 0 aromatic heterocycles. The van der Waals surface area contributed by atoms with Crippen LogP contribution in [0.25, 0.3) is 0 Å². The van der Waals surface area contributed by atoms with Gasteiger partial charge in [-0.2, -0.15) is 0 Å². The van der Waals surface area contributed by atoms with Crippen molar-refractivity contribution in [3.05, 3.63) is 24.3 Å². The molecule has 1 atom stereocenters. The summed E-state index contributed by atoms with van der Waals surface area (Å²) in [5.41, 5.74) is 0.309. The minimum Gasteiger partial charge on any atom is -0.375 e. The molecule has 1 fully saturated rings. The highest BCUT2D eigenvalue weighted by molar-refractivity contribution is 7.90. The van der Waals surface area contributed by atoms with E-state index in [1.54, 1.807) is 18.2 Å². The molecule has 0 saturated carbocycles. The number of nitrogens with one attached hydrogen (secondary N) is 2. The molecule has 0 spiro atoms. The van der Waals surface area contributed by atoms with E-state index >= 15 is 0 Å². The number of hydrogen-bond acceptors (Lipinski definition) is 5. The molecule has 1 aromatic carbocycles. The Morgan fingerprint density at radius 3 is 2.85 bits per heavy atom. The average molecular weight is 298 g/mol. The van der Waals surface area contributed by atoms with Crippen LogP contribution >= 0.6 is 0 Å². The summed E-state index contributed by atoms with van der Waals surface area (Å²) < 4.78 is 28.7. The number of benzene rings is 1. The van der Waals surface area contributed by atoms with Crippen LogP contribution in [0, 0.1) is 0 Å². The Hall–Kier alpha value is -1.44. The summed E-state index contributed by atoms with van der Waals surface area (Å²) >= 11 is 0. The van der Waals surface area contributed by atoms with Crippen molar-refractivity contribution in [3.8, 4) is 0 Å². The number of sulfone groups is 1. The molecule has 2 rings (SSSR count). The highest BCUT2D eigenvalue weighted by Gasteiger charge is 2.19. The van der Waals surface area contributed by atoms with Crippen molar-refractivity contribution in [1.82, 2.24) is 5.32 Å². The monoisotopic (exact) mass is 298 g/mol. The van der Waals surface area contributed by atoms with Crippen molar-refractivity contribution >= 4 is 21.4 Å². The molecule has 1 aromatic rings. The molecule has 1 aliphatic rings. The van der Waals surface area contributed by atoms with Gasteiger partial charge in [-0.05, 0) is 12.1 Å². The van der Waals surface area contributed by atoms with Gasteiger partial charge < -0.3 is 15.4 Å². The number of rotatable bonds is 4. The SMILES string of the molecule is CS(=O)(=O)c1ccccc1NC(=O)CC1CNCCO1.